The van der Waals surface area contributed by atoms with Crippen LogP contribution in [-0.2, 0) is 9.59 Å². The predicted molar refractivity (Wildman–Crippen MR) is 62.7 cm³/mol. The maximum atomic E-state index is 10.1. The zero-order valence-corrected chi connectivity index (χ0v) is 10.7. The van der Waals surface area contributed by atoms with Crippen molar-refractivity contribution in [2.75, 3.05) is 6.61 Å². The Morgan fingerprint density at radius 1 is 0.950 bits per heavy atom. The van der Waals surface area contributed by atoms with E-state index in [2.05, 4.69) is 0 Å². The molecule has 0 rings (SSSR count). The molecule has 1 unspecified atom stereocenters. The van der Waals surface area contributed by atoms with Crippen LogP contribution in [0.4, 0.5) is 0 Å². The highest BCUT2D eigenvalue weighted by atomic mass is 16.4. The van der Waals surface area contributed by atoms with E-state index in [1.165, 1.54) is 6.92 Å². The van der Waals surface area contributed by atoms with Gasteiger partial charge in [0.2, 0.25) is 0 Å². The second-order valence-electron chi connectivity index (χ2n) is 3.96. The lowest BCUT2D eigenvalue weighted by molar-refractivity contribution is -0.164. The van der Waals surface area contributed by atoms with Gasteiger partial charge in [0.05, 0.1) is 19.1 Å². The van der Waals surface area contributed by atoms with E-state index < -0.39 is 49.1 Å². The fourth-order valence-electron chi connectivity index (χ4n) is 0.921. The number of aliphatic hydroxyl groups is 6. The molecule has 0 aliphatic rings. The van der Waals surface area contributed by atoms with E-state index in [9.17, 15) is 9.59 Å². The minimum Gasteiger partial charge on any atom is -0.481 e. The molecule has 10 nitrogen and oxygen atoms in total. The summed E-state index contributed by atoms with van der Waals surface area (Å²) >= 11 is 0. The number of carboxylic acid groups (broad SMARTS) is 2. The Kier molecular flexibility index (Phi) is 11.0. The van der Waals surface area contributed by atoms with Crippen LogP contribution in [0.5, 0.6) is 0 Å². The molecule has 0 bridgehead atoms. The van der Waals surface area contributed by atoms with Gasteiger partial charge < -0.3 is 40.9 Å². The van der Waals surface area contributed by atoms with E-state index >= 15 is 0 Å². The fourth-order valence-corrected chi connectivity index (χ4v) is 0.921. The SMILES string of the molecule is CC(O)CC(=O)O.O=C(O)[C@H](O)[C@@H](O)[C@H](O)[C@H](O)CO. The number of hydrogen-bond donors (Lipinski definition) is 8. The van der Waals surface area contributed by atoms with Gasteiger partial charge in [-0.05, 0) is 6.92 Å². The van der Waals surface area contributed by atoms with Crippen molar-refractivity contribution in [1.29, 1.82) is 0 Å². The molecule has 120 valence electrons. The molecule has 0 heterocycles. The number of rotatable bonds is 7. The lowest BCUT2D eigenvalue weighted by atomic mass is 10.0. The molecule has 0 aromatic carbocycles. The van der Waals surface area contributed by atoms with Gasteiger partial charge >= 0.3 is 11.9 Å². The van der Waals surface area contributed by atoms with Crippen molar-refractivity contribution in [2.24, 2.45) is 0 Å². The van der Waals surface area contributed by atoms with Crippen LogP contribution in [0, 0.1) is 0 Å². The van der Waals surface area contributed by atoms with Crippen molar-refractivity contribution in [2.45, 2.75) is 43.9 Å². The number of hydrogen-bond acceptors (Lipinski definition) is 8. The third-order valence-corrected chi connectivity index (χ3v) is 1.98. The van der Waals surface area contributed by atoms with Gasteiger partial charge in [0, 0.05) is 0 Å². The number of carboxylic acids is 2. The zero-order valence-electron chi connectivity index (χ0n) is 10.7. The van der Waals surface area contributed by atoms with E-state index in [1.807, 2.05) is 0 Å². The van der Waals surface area contributed by atoms with Crippen LogP contribution in [-0.4, -0.2) is 89.9 Å². The summed E-state index contributed by atoms with van der Waals surface area (Å²) in [4.78, 5) is 19.7. The molecule has 8 N–H and O–H groups in total. The molecule has 0 aliphatic carbocycles. The quantitative estimate of drug-likeness (QED) is 0.232. The summed E-state index contributed by atoms with van der Waals surface area (Å²) in [5, 5.41) is 68.1. The first-order valence-electron chi connectivity index (χ1n) is 5.50. The molecule has 0 spiro atoms. The van der Waals surface area contributed by atoms with Gasteiger partial charge in [-0.25, -0.2) is 4.79 Å². The molecule has 0 aliphatic heterocycles. The van der Waals surface area contributed by atoms with Crippen molar-refractivity contribution >= 4 is 11.9 Å². The van der Waals surface area contributed by atoms with Crippen molar-refractivity contribution in [3.8, 4) is 0 Å². The fraction of sp³-hybridized carbons (Fsp3) is 0.800. The molecule has 20 heavy (non-hydrogen) atoms. The monoisotopic (exact) mass is 300 g/mol. The van der Waals surface area contributed by atoms with Gasteiger partial charge in [0.15, 0.2) is 6.10 Å². The number of aliphatic carboxylic acids is 2. The van der Waals surface area contributed by atoms with Crippen molar-refractivity contribution in [3.05, 3.63) is 0 Å². The van der Waals surface area contributed by atoms with E-state index in [4.69, 9.17) is 40.9 Å². The largest absolute Gasteiger partial charge is 0.481 e. The Balaban J connectivity index is 0. The molecular weight excluding hydrogens is 280 g/mol. The van der Waals surface area contributed by atoms with Gasteiger partial charge in [-0.2, -0.15) is 0 Å². The summed E-state index contributed by atoms with van der Waals surface area (Å²) in [6, 6.07) is 0. The number of aliphatic hydroxyl groups excluding tert-OH is 6. The van der Waals surface area contributed by atoms with Crippen molar-refractivity contribution < 1.29 is 50.4 Å². The highest BCUT2D eigenvalue weighted by Gasteiger charge is 2.33. The Morgan fingerprint density at radius 2 is 1.40 bits per heavy atom. The average molecular weight is 300 g/mol. The highest BCUT2D eigenvalue weighted by Crippen LogP contribution is 2.04. The van der Waals surface area contributed by atoms with Gasteiger partial charge in [-0.15, -0.1) is 0 Å². The molecule has 0 saturated carbocycles. The molecule has 0 fully saturated rings. The van der Waals surface area contributed by atoms with Crippen LogP contribution in [0.2, 0.25) is 0 Å². The third-order valence-electron chi connectivity index (χ3n) is 1.98. The molecular formula is C10H20O10. The lowest BCUT2D eigenvalue weighted by Gasteiger charge is -2.23. The average Bonchev–Trinajstić information content (AvgIpc) is 2.33. The summed E-state index contributed by atoms with van der Waals surface area (Å²) in [5.74, 6) is -2.69. The Morgan fingerprint density at radius 3 is 1.60 bits per heavy atom. The van der Waals surface area contributed by atoms with Crippen molar-refractivity contribution in [1.82, 2.24) is 0 Å². The second-order valence-corrected chi connectivity index (χ2v) is 3.96. The summed E-state index contributed by atoms with van der Waals surface area (Å²) in [6.45, 7) is 0.596. The summed E-state index contributed by atoms with van der Waals surface area (Å²) < 4.78 is 0. The van der Waals surface area contributed by atoms with Crippen LogP contribution in [0.1, 0.15) is 13.3 Å². The second kappa shape index (κ2) is 10.5. The minimum absolute atomic E-state index is 0.167. The summed E-state index contributed by atoms with van der Waals surface area (Å²) in [7, 11) is 0. The highest BCUT2D eigenvalue weighted by molar-refractivity contribution is 5.72. The van der Waals surface area contributed by atoms with Crippen LogP contribution in [0.15, 0.2) is 0 Å². The van der Waals surface area contributed by atoms with Crippen LogP contribution in [0.25, 0.3) is 0 Å². The summed E-state index contributed by atoms with van der Waals surface area (Å²) in [6.07, 6.45) is -8.73. The van der Waals surface area contributed by atoms with E-state index in [1.54, 1.807) is 0 Å². The van der Waals surface area contributed by atoms with Gasteiger partial charge in [0.25, 0.3) is 0 Å². The molecule has 10 heteroatoms. The summed E-state index contributed by atoms with van der Waals surface area (Å²) in [5.41, 5.74) is 0. The first kappa shape index (κ1) is 21.0. The van der Waals surface area contributed by atoms with E-state index in [0.717, 1.165) is 0 Å². The van der Waals surface area contributed by atoms with Crippen LogP contribution in [0.3, 0.4) is 0 Å². The van der Waals surface area contributed by atoms with E-state index in [-0.39, 0.29) is 6.42 Å². The molecule has 0 aromatic heterocycles. The third kappa shape index (κ3) is 9.61. The maximum Gasteiger partial charge on any atom is 0.335 e. The zero-order chi connectivity index (χ0) is 16.5. The minimum atomic E-state index is -2.20. The Labute approximate surface area is 114 Å². The molecule has 0 aromatic rings. The first-order chi connectivity index (χ1) is 9.04. The molecule has 5 atom stereocenters. The number of carbonyl (C=O) groups is 2. The Hall–Kier alpha value is -1.30. The van der Waals surface area contributed by atoms with Gasteiger partial charge in [-0.1, -0.05) is 0 Å². The standard InChI is InChI=1S/C6H12O7.C4H8O3/c7-1-2(8)3(9)4(10)5(11)6(12)13;1-3(5)2-4(6)7/h2-5,7-11H,1H2,(H,12,13);3,5H,2H2,1H3,(H,6,7)/t2-,3-,4+,5-;/m1./s1. The predicted octanol–water partition coefficient (Wildman–Crippen LogP) is -3.65. The Bertz CT molecular complexity index is 292. The van der Waals surface area contributed by atoms with E-state index in [0.29, 0.717) is 0 Å². The maximum absolute atomic E-state index is 10.1. The van der Waals surface area contributed by atoms with Crippen molar-refractivity contribution in [3.63, 3.8) is 0 Å². The van der Waals surface area contributed by atoms with Gasteiger partial charge in [0.1, 0.15) is 18.3 Å². The normalized spacial score (nSPS) is 17.9. The topological polar surface area (TPSA) is 196 Å². The lowest BCUT2D eigenvalue weighted by Crippen LogP contribution is -2.48. The smallest absolute Gasteiger partial charge is 0.335 e. The molecule has 0 radical (unpaired) electrons. The first-order valence-corrected chi connectivity index (χ1v) is 5.50. The van der Waals surface area contributed by atoms with Crippen LogP contribution < -0.4 is 0 Å². The van der Waals surface area contributed by atoms with Crippen LogP contribution >= 0.6 is 0 Å². The molecule has 0 amide bonds. The van der Waals surface area contributed by atoms with Gasteiger partial charge in [-0.3, -0.25) is 4.79 Å². The molecule has 0 saturated heterocycles.